The molecule has 0 saturated heterocycles. The molecule has 0 amide bonds. The largest absolute Gasteiger partial charge is 0.465 e. The summed E-state index contributed by atoms with van der Waals surface area (Å²) in [5.74, 6) is -0.498. The van der Waals surface area contributed by atoms with E-state index in [1.165, 1.54) is 116 Å². The van der Waals surface area contributed by atoms with Crippen molar-refractivity contribution in [3.05, 3.63) is 24.3 Å². The summed E-state index contributed by atoms with van der Waals surface area (Å²) in [7, 11) is 0. The van der Waals surface area contributed by atoms with Gasteiger partial charge in [-0.05, 0) is 64.2 Å². The van der Waals surface area contributed by atoms with Gasteiger partial charge in [-0.2, -0.15) is 0 Å². The van der Waals surface area contributed by atoms with Gasteiger partial charge < -0.3 is 14.6 Å². The molecular formula is C41H75BrO5. The highest BCUT2D eigenvalue weighted by Crippen LogP contribution is 2.22. The highest BCUT2D eigenvalue weighted by atomic mass is 79.9. The van der Waals surface area contributed by atoms with Gasteiger partial charge in [0.1, 0.15) is 13.2 Å². The van der Waals surface area contributed by atoms with Crippen LogP contribution in [0.4, 0.5) is 0 Å². The molecule has 0 aliphatic rings. The molecule has 5 nitrogen and oxygen atoms in total. The van der Waals surface area contributed by atoms with Crippen molar-refractivity contribution in [2.75, 3.05) is 25.2 Å². The third-order valence-electron chi connectivity index (χ3n) is 8.98. The molecule has 0 saturated carbocycles. The molecule has 0 aliphatic heterocycles. The number of unbranched alkanes of at least 4 members (excludes halogenated alkanes) is 22. The Bertz CT molecular complexity index is 688. The number of alkyl halides is 1. The second-order valence-electron chi connectivity index (χ2n) is 13.8. The molecule has 0 unspecified atom stereocenters. The van der Waals surface area contributed by atoms with E-state index in [-0.39, 0.29) is 31.8 Å². The highest BCUT2D eigenvalue weighted by Gasteiger charge is 2.32. The Morgan fingerprint density at radius 1 is 0.511 bits per heavy atom. The molecule has 276 valence electrons. The van der Waals surface area contributed by atoms with E-state index in [0.29, 0.717) is 18.2 Å². The van der Waals surface area contributed by atoms with Crippen molar-refractivity contribution in [1.82, 2.24) is 0 Å². The number of halogens is 1. The number of hydrogen-bond donors (Lipinski definition) is 1. The van der Waals surface area contributed by atoms with Crippen LogP contribution >= 0.6 is 15.9 Å². The Kier molecular flexibility index (Phi) is 35.3. The van der Waals surface area contributed by atoms with Gasteiger partial charge in [0.15, 0.2) is 0 Å². The summed E-state index contributed by atoms with van der Waals surface area (Å²) < 4.78 is 11.0. The fourth-order valence-electron chi connectivity index (χ4n) is 5.54. The number of carbonyl (C=O) groups is 2. The minimum Gasteiger partial charge on any atom is -0.465 e. The number of allylic oxidation sites excluding steroid dienone is 4. The van der Waals surface area contributed by atoms with Gasteiger partial charge >= 0.3 is 11.9 Å². The van der Waals surface area contributed by atoms with Gasteiger partial charge in [-0.3, -0.25) is 9.59 Å². The van der Waals surface area contributed by atoms with Crippen LogP contribution in [-0.4, -0.2) is 42.2 Å². The standard InChI is InChI=1S/C41H75BrO5/c1-3-5-7-9-11-13-15-17-19-21-23-25-27-29-31-33-39(44)46-37-41(35-42,36-43)38-47-40(45)34-32-30-28-26-24-22-20-18-16-14-12-10-8-6-4-2/h17-20,43H,3-16,21-38H2,1-2H3/b19-17-,20-18-. The van der Waals surface area contributed by atoms with E-state index >= 15 is 0 Å². The lowest BCUT2D eigenvalue weighted by Gasteiger charge is -2.28. The monoisotopic (exact) mass is 726 g/mol. The van der Waals surface area contributed by atoms with Crippen LogP contribution in [0.3, 0.4) is 0 Å². The third kappa shape index (κ3) is 31.9. The summed E-state index contributed by atoms with van der Waals surface area (Å²) in [6, 6.07) is 0. The maximum Gasteiger partial charge on any atom is 0.305 e. The van der Waals surface area contributed by atoms with Gasteiger partial charge in [0, 0.05) is 18.2 Å². The minimum atomic E-state index is -0.809. The van der Waals surface area contributed by atoms with E-state index in [9.17, 15) is 14.7 Å². The Morgan fingerprint density at radius 2 is 0.809 bits per heavy atom. The van der Waals surface area contributed by atoms with Gasteiger partial charge in [0.05, 0.1) is 12.0 Å². The molecule has 0 fully saturated rings. The smallest absolute Gasteiger partial charge is 0.305 e. The van der Waals surface area contributed by atoms with Gasteiger partial charge in [-0.15, -0.1) is 0 Å². The molecule has 1 N–H and O–H groups in total. The predicted octanol–water partition coefficient (Wildman–Crippen LogP) is 12.5. The predicted molar refractivity (Wildman–Crippen MR) is 204 cm³/mol. The molecule has 0 aliphatic carbocycles. The topological polar surface area (TPSA) is 72.8 Å². The quantitative estimate of drug-likeness (QED) is 0.0301. The second kappa shape index (κ2) is 36.1. The maximum atomic E-state index is 12.3. The van der Waals surface area contributed by atoms with Crippen molar-refractivity contribution < 1.29 is 24.2 Å². The number of hydrogen-bond acceptors (Lipinski definition) is 5. The van der Waals surface area contributed by atoms with Crippen molar-refractivity contribution >= 4 is 27.9 Å². The molecule has 0 heterocycles. The fourth-order valence-corrected chi connectivity index (χ4v) is 6.05. The van der Waals surface area contributed by atoms with Crippen molar-refractivity contribution in [3.63, 3.8) is 0 Å². The first kappa shape index (κ1) is 45.9. The SMILES string of the molecule is CCCCCCCC/C=C\CCCCCCCC(=O)OCC(CO)(CBr)COC(=O)CCCCCCC/C=C\CCCCCCCC. The highest BCUT2D eigenvalue weighted by molar-refractivity contribution is 9.09. The minimum absolute atomic E-state index is 0.0410. The Balaban J connectivity index is 3.81. The molecule has 6 heteroatoms. The molecule has 0 rings (SSSR count). The number of rotatable bonds is 36. The zero-order valence-electron chi connectivity index (χ0n) is 30.9. The van der Waals surface area contributed by atoms with E-state index in [1.54, 1.807) is 0 Å². The van der Waals surface area contributed by atoms with Gasteiger partial charge in [0.25, 0.3) is 0 Å². The van der Waals surface area contributed by atoms with Crippen molar-refractivity contribution in [2.24, 2.45) is 5.41 Å². The van der Waals surface area contributed by atoms with E-state index < -0.39 is 5.41 Å². The molecule has 0 spiro atoms. The van der Waals surface area contributed by atoms with Crippen molar-refractivity contribution in [2.45, 2.75) is 194 Å². The summed E-state index contributed by atoms with van der Waals surface area (Å²) >= 11 is 3.43. The van der Waals surface area contributed by atoms with Crippen molar-refractivity contribution in [1.29, 1.82) is 0 Å². The summed E-state index contributed by atoms with van der Waals surface area (Å²) in [4.78, 5) is 24.6. The third-order valence-corrected chi connectivity index (χ3v) is 10.2. The number of aliphatic hydroxyl groups excluding tert-OH is 1. The van der Waals surface area contributed by atoms with E-state index in [4.69, 9.17) is 9.47 Å². The average Bonchev–Trinajstić information content (AvgIpc) is 3.08. The Labute approximate surface area is 299 Å². The van der Waals surface area contributed by atoms with Crippen LogP contribution in [0.15, 0.2) is 24.3 Å². The lowest BCUT2D eigenvalue weighted by molar-refractivity contribution is -0.154. The van der Waals surface area contributed by atoms with Crippen LogP contribution in [-0.2, 0) is 19.1 Å². The van der Waals surface area contributed by atoms with Crippen LogP contribution in [0.5, 0.6) is 0 Å². The molecule has 0 atom stereocenters. The summed E-state index contributed by atoms with van der Waals surface area (Å²) in [5, 5.41) is 10.4. The molecule has 0 aromatic rings. The van der Waals surface area contributed by atoms with Gasteiger partial charge in [0.2, 0.25) is 0 Å². The molecule has 0 bridgehead atoms. The number of ether oxygens (including phenoxy) is 2. The molecular weight excluding hydrogens is 652 g/mol. The maximum absolute atomic E-state index is 12.3. The zero-order valence-corrected chi connectivity index (χ0v) is 32.5. The normalized spacial score (nSPS) is 12.0. The average molecular weight is 728 g/mol. The molecule has 0 radical (unpaired) electrons. The zero-order chi connectivity index (χ0) is 34.5. The lowest BCUT2D eigenvalue weighted by atomic mass is 9.94. The van der Waals surface area contributed by atoms with E-state index in [1.807, 2.05) is 0 Å². The van der Waals surface area contributed by atoms with Gasteiger partial charge in [-0.1, -0.05) is 157 Å². The fraction of sp³-hybridized carbons (Fsp3) is 0.854. The molecule has 0 aromatic heterocycles. The molecule has 47 heavy (non-hydrogen) atoms. The van der Waals surface area contributed by atoms with Crippen LogP contribution in [0.1, 0.15) is 194 Å². The van der Waals surface area contributed by atoms with E-state index in [0.717, 1.165) is 51.4 Å². The van der Waals surface area contributed by atoms with E-state index in [2.05, 4.69) is 54.1 Å². The molecule has 0 aromatic carbocycles. The van der Waals surface area contributed by atoms with Crippen LogP contribution in [0.2, 0.25) is 0 Å². The first-order valence-electron chi connectivity index (χ1n) is 19.8. The Hall–Kier alpha value is -1.14. The first-order chi connectivity index (χ1) is 23.0. The number of esters is 2. The second-order valence-corrected chi connectivity index (χ2v) is 14.3. The summed E-state index contributed by atoms with van der Waals surface area (Å²) in [6.07, 6.45) is 41.8. The number of aliphatic hydroxyl groups is 1. The number of carbonyl (C=O) groups excluding carboxylic acids is 2. The first-order valence-corrected chi connectivity index (χ1v) is 20.9. The van der Waals surface area contributed by atoms with Crippen molar-refractivity contribution in [3.8, 4) is 0 Å². The van der Waals surface area contributed by atoms with Crippen LogP contribution in [0.25, 0.3) is 0 Å². The van der Waals surface area contributed by atoms with Crippen LogP contribution in [0, 0.1) is 5.41 Å². The van der Waals surface area contributed by atoms with Crippen LogP contribution < -0.4 is 0 Å². The summed E-state index contributed by atoms with van der Waals surface area (Å²) in [5.41, 5.74) is -0.809. The lowest BCUT2D eigenvalue weighted by Crippen LogP contribution is -2.39. The Morgan fingerprint density at radius 3 is 1.11 bits per heavy atom. The summed E-state index contributed by atoms with van der Waals surface area (Å²) in [6.45, 7) is 4.38. The van der Waals surface area contributed by atoms with Gasteiger partial charge in [-0.25, -0.2) is 0 Å².